The van der Waals surface area contributed by atoms with Crippen LogP contribution < -0.4 is 0 Å². The van der Waals surface area contributed by atoms with Gasteiger partial charge in [0.05, 0.1) is 11.0 Å². The van der Waals surface area contributed by atoms with E-state index in [1.807, 2.05) is 17.4 Å². The van der Waals surface area contributed by atoms with E-state index < -0.39 is 0 Å². The van der Waals surface area contributed by atoms with Gasteiger partial charge in [0.2, 0.25) is 0 Å². The predicted octanol–water partition coefficient (Wildman–Crippen LogP) is 13.0. The Morgan fingerprint density at radius 2 is 1.19 bits per heavy atom. The number of benzene rings is 8. The number of rotatable bonds is 2. The summed E-state index contributed by atoms with van der Waals surface area (Å²) >= 11 is 1.90. The van der Waals surface area contributed by atoms with Gasteiger partial charge >= 0.3 is 0 Å². The zero-order chi connectivity index (χ0) is 30.6. The summed E-state index contributed by atoms with van der Waals surface area (Å²) in [6, 6.07) is 55.3. The highest BCUT2D eigenvalue weighted by molar-refractivity contribution is 7.26. The summed E-state index contributed by atoms with van der Waals surface area (Å²) in [5.74, 6) is 0. The smallest absolute Gasteiger partial charge is 0.136 e. The zero-order valence-corrected chi connectivity index (χ0v) is 26.0. The molecule has 11 rings (SSSR count). The van der Waals surface area contributed by atoms with Gasteiger partial charge in [-0.25, -0.2) is 0 Å². The second-order valence-electron chi connectivity index (χ2n) is 12.5. The molecule has 0 aliphatic rings. The van der Waals surface area contributed by atoms with Gasteiger partial charge < -0.3 is 8.98 Å². The fraction of sp³-hybridized carbons (Fsp3) is 0. The van der Waals surface area contributed by atoms with Crippen LogP contribution in [0.25, 0.3) is 102 Å². The molecule has 0 amide bonds. The van der Waals surface area contributed by atoms with Crippen molar-refractivity contribution >= 4 is 96.8 Å². The van der Waals surface area contributed by atoms with E-state index in [9.17, 15) is 0 Å². The Hall–Kier alpha value is -5.90. The van der Waals surface area contributed by atoms with Crippen LogP contribution in [0.5, 0.6) is 0 Å². The third-order valence-corrected chi connectivity index (χ3v) is 11.2. The molecule has 0 atom stereocenters. The van der Waals surface area contributed by atoms with Gasteiger partial charge in [-0.15, -0.1) is 11.3 Å². The van der Waals surface area contributed by atoms with Crippen molar-refractivity contribution in [3.05, 3.63) is 152 Å². The fourth-order valence-electron chi connectivity index (χ4n) is 7.87. The maximum atomic E-state index is 6.40. The number of furan rings is 1. The van der Waals surface area contributed by atoms with E-state index in [-0.39, 0.29) is 0 Å². The van der Waals surface area contributed by atoms with Crippen molar-refractivity contribution in [2.24, 2.45) is 0 Å². The summed E-state index contributed by atoms with van der Waals surface area (Å²) < 4.78 is 11.4. The third-order valence-electron chi connectivity index (χ3n) is 9.95. The standard InChI is InChI=1S/C44H25NOS/c1-2-10-28(11-3-1)45-38-15-7-4-12-29(38)36-22-26(18-21-39(36)45)34-23-27-24-41-37(30-13-5-8-16-40(30)46-41)25-35(27)43-32(34)19-20-33-31-14-6-9-17-42(31)47-44(33)43/h1-25H. The predicted molar refractivity (Wildman–Crippen MR) is 201 cm³/mol. The minimum absolute atomic E-state index is 0.925. The lowest BCUT2D eigenvalue weighted by molar-refractivity contribution is 0.669. The first kappa shape index (κ1) is 25.3. The van der Waals surface area contributed by atoms with Gasteiger partial charge in [0.1, 0.15) is 11.2 Å². The molecule has 3 aromatic heterocycles. The maximum Gasteiger partial charge on any atom is 0.136 e. The number of hydrogen-bond acceptors (Lipinski definition) is 2. The Kier molecular flexibility index (Phi) is 5.02. The van der Waals surface area contributed by atoms with Crippen LogP contribution in [0.2, 0.25) is 0 Å². The summed E-state index contributed by atoms with van der Waals surface area (Å²) in [6.45, 7) is 0. The molecule has 0 bridgehead atoms. The Bertz CT molecular complexity index is 3070. The Morgan fingerprint density at radius 3 is 2.11 bits per heavy atom. The molecule has 0 aliphatic heterocycles. The van der Waals surface area contributed by atoms with Crippen LogP contribution in [-0.2, 0) is 0 Å². The highest BCUT2D eigenvalue weighted by Crippen LogP contribution is 2.46. The van der Waals surface area contributed by atoms with Crippen LogP contribution >= 0.6 is 11.3 Å². The molecule has 0 unspecified atom stereocenters. The van der Waals surface area contributed by atoms with E-state index in [0.29, 0.717) is 0 Å². The van der Waals surface area contributed by atoms with Crippen molar-refractivity contribution in [2.75, 3.05) is 0 Å². The van der Waals surface area contributed by atoms with Crippen LogP contribution in [0.1, 0.15) is 0 Å². The number of fused-ring (bicyclic) bond motifs is 13. The normalized spacial score (nSPS) is 12.3. The molecule has 3 heteroatoms. The molecule has 0 spiro atoms. The molecule has 0 N–H and O–H groups in total. The molecule has 3 heterocycles. The molecule has 8 aromatic carbocycles. The van der Waals surface area contributed by atoms with Crippen LogP contribution in [0.3, 0.4) is 0 Å². The molecule has 0 fully saturated rings. The molecule has 0 radical (unpaired) electrons. The van der Waals surface area contributed by atoms with Gasteiger partial charge in [-0.2, -0.15) is 0 Å². The Balaban J connectivity index is 1.27. The van der Waals surface area contributed by atoms with Crippen LogP contribution in [0.15, 0.2) is 156 Å². The lowest BCUT2D eigenvalue weighted by atomic mass is 9.91. The Labute approximate surface area is 273 Å². The first-order chi connectivity index (χ1) is 23.3. The second kappa shape index (κ2) is 9.32. The van der Waals surface area contributed by atoms with Crippen LogP contribution in [0.4, 0.5) is 0 Å². The zero-order valence-electron chi connectivity index (χ0n) is 25.2. The van der Waals surface area contributed by atoms with E-state index in [1.165, 1.54) is 80.3 Å². The van der Waals surface area contributed by atoms with Crippen molar-refractivity contribution in [1.29, 1.82) is 0 Å². The van der Waals surface area contributed by atoms with E-state index in [1.54, 1.807) is 0 Å². The van der Waals surface area contributed by atoms with Crippen molar-refractivity contribution in [3.8, 4) is 16.8 Å². The maximum absolute atomic E-state index is 6.40. The van der Waals surface area contributed by atoms with Gasteiger partial charge in [-0.05, 0) is 87.9 Å². The average Bonchev–Trinajstić information content (AvgIpc) is 3.79. The summed E-state index contributed by atoms with van der Waals surface area (Å²) in [4.78, 5) is 0. The van der Waals surface area contributed by atoms with Gasteiger partial charge in [-0.1, -0.05) is 91.0 Å². The molecule has 218 valence electrons. The summed E-state index contributed by atoms with van der Waals surface area (Å²) in [5, 5.41) is 12.5. The first-order valence-corrected chi connectivity index (χ1v) is 16.8. The summed E-state index contributed by atoms with van der Waals surface area (Å²) in [7, 11) is 0. The lowest BCUT2D eigenvalue weighted by Gasteiger charge is -2.13. The molecule has 0 aliphatic carbocycles. The topological polar surface area (TPSA) is 18.1 Å². The number of para-hydroxylation sites is 3. The molecule has 0 saturated carbocycles. The van der Waals surface area contributed by atoms with Crippen molar-refractivity contribution < 1.29 is 4.42 Å². The summed E-state index contributed by atoms with van der Waals surface area (Å²) in [6.07, 6.45) is 0. The molecule has 2 nitrogen and oxygen atoms in total. The number of thiophene rings is 1. The SMILES string of the molecule is c1ccc(-n2c3ccccc3c3cc(-c4cc5cc6oc7ccccc7c6cc5c5c4ccc4c6ccccc6sc45)ccc32)cc1. The minimum atomic E-state index is 0.925. The average molecular weight is 616 g/mol. The number of hydrogen-bond donors (Lipinski definition) is 0. The summed E-state index contributed by atoms with van der Waals surface area (Å²) in [5.41, 5.74) is 7.90. The van der Waals surface area contributed by atoms with Crippen molar-refractivity contribution in [1.82, 2.24) is 4.57 Å². The largest absolute Gasteiger partial charge is 0.456 e. The van der Waals surface area contributed by atoms with Crippen LogP contribution in [0, 0.1) is 0 Å². The van der Waals surface area contributed by atoms with Gasteiger partial charge in [-0.3, -0.25) is 0 Å². The van der Waals surface area contributed by atoms with Gasteiger partial charge in [0.15, 0.2) is 0 Å². The number of aromatic nitrogens is 1. The van der Waals surface area contributed by atoms with E-state index in [4.69, 9.17) is 4.42 Å². The first-order valence-electron chi connectivity index (χ1n) is 16.0. The monoisotopic (exact) mass is 615 g/mol. The molecule has 11 aromatic rings. The van der Waals surface area contributed by atoms with Crippen molar-refractivity contribution in [3.63, 3.8) is 0 Å². The quantitative estimate of drug-likeness (QED) is 0.177. The lowest BCUT2D eigenvalue weighted by Crippen LogP contribution is -1.93. The van der Waals surface area contributed by atoms with Gasteiger partial charge in [0, 0.05) is 52.8 Å². The second-order valence-corrected chi connectivity index (χ2v) is 13.5. The Morgan fingerprint density at radius 1 is 0.447 bits per heavy atom. The molecular formula is C44H25NOS. The molecule has 47 heavy (non-hydrogen) atoms. The van der Waals surface area contributed by atoms with Crippen molar-refractivity contribution in [2.45, 2.75) is 0 Å². The number of nitrogens with zero attached hydrogens (tertiary/aromatic N) is 1. The molecule has 0 saturated heterocycles. The van der Waals surface area contributed by atoms with Gasteiger partial charge in [0.25, 0.3) is 0 Å². The highest BCUT2D eigenvalue weighted by atomic mass is 32.1. The molecular weight excluding hydrogens is 591 g/mol. The minimum Gasteiger partial charge on any atom is -0.456 e. The van der Waals surface area contributed by atoms with E-state index >= 15 is 0 Å². The fourth-order valence-corrected chi connectivity index (χ4v) is 9.14. The van der Waals surface area contributed by atoms with Crippen LogP contribution in [-0.4, -0.2) is 4.57 Å². The third kappa shape index (κ3) is 3.49. The highest BCUT2D eigenvalue weighted by Gasteiger charge is 2.19. The van der Waals surface area contributed by atoms with E-state index in [0.717, 1.165) is 21.9 Å². The van der Waals surface area contributed by atoms with E-state index in [2.05, 4.69) is 150 Å².